The highest BCUT2D eigenvalue weighted by molar-refractivity contribution is 5.93. The van der Waals surface area contributed by atoms with E-state index in [1.807, 2.05) is 59.9 Å². The number of fused-ring (bicyclic) bond motifs is 3. The normalized spacial score (nSPS) is 11.6. The third-order valence-corrected chi connectivity index (χ3v) is 5.63. The first-order valence-corrected chi connectivity index (χ1v) is 10.5. The number of aryl methyl sites for hydroxylation is 1. The number of para-hydroxylation sites is 2. The van der Waals surface area contributed by atoms with Crippen LogP contribution in [0.25, 0.3) is 16.8 Å². The summed E-state index contributed by atoms with van der Waals surface area (Å²) in [5.41, 5.74) is 4.19. The molecule has 0 saturated heterocycles. The number of imidazole rings is 2. The highest BCUT2D eigenvalue weighted by atomic mass is 16.5. The van der Waals surface area contributed by atoms with Crippen LogP contribution >= 0.6 is 0 Å². The van der Waals surface area contributed by atoms with Crippen LogP contribution in [0.4, 0.5) is 0 Å². The summed E-state index contributed by atoms with van der Waals surface area (Å²) in [5.74, 6) is 0.433. The van der Waals surface area contributed by atoms with Crippen molar-refractivity contribution in [3.05, 3.63) is 71.5 Å². The number of benzene rings is 2. The van der Waals surface area contributed by atoms with Gasteiger partial charge in [0.1, 0.15) is 6.61 Å². The van der Waals surface area contributed by atoms with E-state index in [2.05, 4.69) is 29.4 Å². The summed E-state index contributed by atoms with van der Waals surface area (Å²) in [6.07, 6.45) is 0. The average molecular weight is 405 g/mol. The zero-order chi connectivity index (χ0) is 21.1. The zero-order valence-electron chi connectivity index (χ0n) is 17.8. The average Bonchev–Trinajstić information content (AvgIpc) is 3.26. The number of rotatable bonds is 8. The van der Waals surface area contributed by atoms with Crippen molar-refractivity contribution in [2.24, 2.45) is 0 Å². The third-order valence-electron chi connectivity index (χ3n) is 5.63. The molecule has 2 heterocycles. The maximum atomic E-state index is 13.0. The summed E-state index contributed by atoms with van der Waals surface area (Å²) >= 11 is 0. The van der Waals surface area contributed by atoms with Crippen molar-refractivity contribution in [2.75, 3.05) is 19.6 Å². The van der Waals surface area contributed by atoms with Gasteiger partial charge in [0.15, 0.2) is 5.69 Å². The van der Waals surface area contributed by atoms with E-state index in [4.69, 9.17) is 9.72 Å². The van der Waals surface area contributed by atoms with Gasteiger partial charge in [-0.05, 0) is 37.7 Å². The van der Waals surface area contributed by atoms with Crippen LogP contribution in [0.1, 0.15) is 35.6 Å². The molecule has 0 bridgehead atoms. The van der Waals surface area contributed by atoms with E-state index in [0.29, 0.717) is 11.4 Å². The first-order chi connectivity index (χ1) is 14.6. The molecule has 4 aromatic rings. The minimum Gasteiger partial charge on any atom is -0.456 e. The van der Waals surface area contributed by atoms with Gasteiger partial charge in [-0.3, -0.25) is 4.40 Å². The van der Waals surface area contributed by atoms with E-state index in [-0.39, 0.29) is 12.6 Å². The minimum atomic E-state index is -0.351. The van der Waals surface area contributed by atoms with Gasteiger partial charge in [-0.2, -0.15) is 0 Å². The number of esters is 1. The van der Waals surface area contributed by atoms with Gasteiger partial charge in [0, 0.05) is 13.1 Å². The Morgan fingerprint density at radius 1 is 1.00 bits per heavy atom. The van der Waals surface area contributed by atoms with Crippen LogP contribution in [0, 0.1) is 6.92 Å². The molecule has 156 valence electrons. The van der Waals surface area contributed by atoms with Crippen molar-refractivity contribution in [2.45, 2.75) is 33.9 Å². The van der Waals surface area contributed by atoms with Crippen LogP contribution < -0.4 is 0 Å². The first-order valence-electron chi connectivity index (χ1n) is 10.5. The molecule has 6 nitrogen and oxygen atoms in total. The van der Waals surface area contributed by atoms with Gasteiger partial charge in [-0.25, -0.2) is 9.78 Å². The van der Waals surface area contributed by atoms with Gasteiger partial charge in [0.25, 0.3) is 0 Å². The Labute approximate surface area is 176 Å². The Kier molecular flexibility index (Phi) is 5.86. The van der Waals surface area contributed by atoms with Crippen LogP contribution in [0.3, 0.4) is 0 Å². The predicted molar refractivity (Wildman–Crippen MR) is 119 cm³/mol. The predicted octanol–water partition coefficient (Wildman–Crippen LogP) is 4.30. The van der Waals surface area contributed by atoms with Gasteiger partial charge >= 0.3 is 5.97 Å². The highest BCUT2D eigenvalue weighted by Gasteiger charge is 2.24. The van der Waals surface area contributed by atoms with E-state index in [9.17, 15) is 4.79 Å². The van der Waals surface area contributed by atoms with Gasteiger partial charge in [0.2, 0.25) is 5.78 Å². The smallest absolute Gasteiger partial charge is 0.357 e. The lowest BCUT2D eigenvalue weighted by Crippen LogP contribution is -2.27. The molecule has 0 aliphatic heterocycles. The molecule has 2 aromatic carbocycles. The van der Waals surface area contributed by atoms with Crippen LogP contribution in [0.5, 0.6) is 0 Å². The fraction of sp³-hybridized carbons (Fsp3) is 0.333. The molecule has 0 amide bonds. The van der Waals surface area contributed by atoms with Crippen LogP contribution in [0.2, 0.25) is 0 Å². The van der Waals surface area contributed by atoms with Crippen molar-refractivity contribution < 1.29 is 9.53 Å². The fourth-order valence-corrected chi connectivity index (χ4v) is 3.95. The molecule has 0 fully saturated rings. The van der Waals surface area contributed by atoms with E-state index in [0.717, 1.165) is 48.6 Å². The third kappa shape index (κ3) is 3.71. The number of carbonyl (C=O) groups is 1. The summed E-state index contributed by atoms with van der Waals surface area (Å²) in [4.78, 5) is 20.2. The summed E-state index contributed by atoms with van der Waals surface area (Å²) in [6, 6.07) is 17.9. The lowest BCUT2D eigenvalue weighted by atomic mass is 10.2. The summed E-state index contributed by atoms with van der Waals surface area (Å²) in [7, 11) is 0. The number of likely N-dealkylation sites (N-methyl/N-ethyl adjacent to an activating group) is 1. The number of hydrogen-bond donors (Lipinski definition) is 0. The molecule has 0 N–H and O–H groups in total. The number of hydrogen-bond acceptors (Lipinski definition) is 4. The Morgan fingerprint density at radius 3 is 2.37 bits per heavy atom. The molecule has 0 unspecified atom stereocenters. The SMILES string of the molecule is CCN(CC)CCn1c2ccccc2n2c(C(=O)OCc3ccccc3)c(C)nc12. The van der Waals surface area contributed by atoms with Gasteiger partial charge < -0.3 is 14.2 Å². The van der Waals surface area contributed by atoms with Gasteiger partial charge in [-0.15, -0.1) is 0 Å². The molecule has 0 radical (unpaired) electrons. The molecular formula is C24H28N4O2. The molecule has 0 aliphatic rings. The monoisotopic (exact) mass is 404 g/mol. The highest BCUT2D eigenvalue weighted by Crippen LogP contribution is 2.25. The molecule has 2 aromatic heterocycles. The van der Waals surface area contributed by atoms with Gasteiger partial charge in [-0.1, -0.05) is 56.3 Å². The molecule has 4 rings (SSSR count). The molecule has 0 spiro atoms. The maximum absolute atomic E-state index is 13.0. The summed E-state index contributed by atoms with van der Waals surface area (Å²) in [5, 5.41) is 0. The van der Waals surface area contributed by atoms with E-state index >= 15 is 0 Å². The molecule has 6 heteroatoms. The topological polar surface area (TPSA) is 51.8 Å². The number of ether oxygens (including phenoxy) is 1. The second kappa shape index (κ2) is 8.71. The number of nitrogens with zero attached hydrogens (tertiary/aromatic N) is 4. The van der Waals surface area contributed by atoms with Crippen LogP contribution in [0.15, 0.2) is 54.6 Å². The quantitative estimate of drug-likeness (QED) is 0.411. The lowest BCUT2D eigenvalue weighted by Gasteiger charge is -2.18. The van der Waals surface area contributed by atoms with E-state index in [1.165, 1.54) is 0 Å². The molecule has 30 heavy (non-hydrogen) atoms. The Bertz CT molecular complexity index is 1160. The summed E-state index contributed by atoms with van der Waals surface area (Å²) in [6.45, 7) is 10.2. The van der Waals surface area contributed by atoms with Crippen molar-refractivity contribution in [1.82, 2.24) is 18.9 Å². The minimum absolute atomic E-state index is 0.243. The molecule has 0 atom stereocenters. The number of aromatic nitrogens is 3. The standard InChI is InChI=1S/C24H28N4O2/c1-4-26(5-2)15-16-27-20-13-9-10-14-21(20)28-22(18(3)25-24(27)28)23(29)30-17-19-11-7-6-8-12-19/h6-14H,4-5,15-17H2,1-3H3. The molecule has 0 aliphatic carbocycles. The van der Waals surface area contributed by atoms with Crippen molar-refractivity contribution in [3.8, 4) is 0 Å². The van der Waals surface area contributed by atoms with Crippen LogP contribution in [-0.2, 0) is 17.9 Å². The Morgan fingerprint density at radius 2 is 1.67 bits per heavy atom. The van der Waals surface area contributed by atoms with E-state index < -0.39 is 0 Å². The Balaban J connectivity index is 1.72. The fourth-order valence-electron chi connectivity index (χ4n) is 3.95. The lowest BCUT2D eigenvalue weighted by molar-refractivity contribution is 0.0464. The second-order valence-electron chi connectivity index (χ2n) is 7.41. The van der Waals surface area contributed by atoms with Crippen molar-refractivity contribution in [3.63, 3.8) is 0 Å². The van der Waals surface area contributed by atoms with Gasteiger partial charge in [0.05, 0.1) is 16.7 Å². The number of carbonyl (C=O) groups excluding carboxylic acids is 1. The second-order valence-corrected chi connectivity index (χ2v) is 7.41. The van der Waals surface area contributed by atoms with Crippen molar-refractivity contribution in [1.29, 1.82) is 0 Å². The first kappa shape index (κ1) is 20.2. The zero-order valence-corrected chi connectivity index (χ0v) is 17.8. The molecular weight excluding hydrogens is 376 g/mol. The maximum Gasteiger partial charge on any atom is 0.357 e. The summed E-state index contributed by atoms with van der Waals surface area (Å²) < 4.78 is 9.78. The Hall–Kier alpha value is -3.12. The largest absolute Gasteiger partial charge is 0.456 e. The van der Waals surface area contributed by atoms with Crippen LogP contribution in [-0.4, -0.2) is 44.5 Å². The molecule has 0 saturated carbocycles. The van der Waals surface area contributed by atoms with E-state index in [1.54, 1.807) is 0 Å². The van der Waals surface area contributed by atoms with Crippen molar-refractivity contribution >= 4 is 22.8 Å².